The zero-order valence-corrected chi connectivity index (χ0v) is 17.4. The Balaban J connectivity index is 1.75. The van der Waals surface area contributed by atoms with Crippen molar-refractivity contribution in [3.05, 3.63) is 87.4 Å². The van der Waals surface area contributed by atoms with Gasteiger partial charge in [-0.3, -0.25) is 5.43 Å². The molecule has 6 nitrogen and oxygen atoms in total. The van der Waals surface area contributed by atoms with E-state index in [1.54, 1.807) is 49.7 Å². The highest BCUT2D eigenvalue weighted by molar-refractivity contribution is 6.35. The summed E-state index contributed by atoms with van der Waals surface area (Å²) in [6.07, 6.45) is 1.59. The van der Waals surface area contributed by atoms with Crippen LogP contribution >= 0.6 is 23.2 Å². The van der Waals surface area contributed by atoms with Crippen molar-refractivity contribution < 1.29 is 19.4 Å². The molecule has 0 aromatic heterocycles. The number of carboxylic acid groups (broad SMARTS) is 1. The number of hydrogen-bond acceptors (Lipinski definition) is 5. The molecule has 0 aliphatic heterocycles. The van der Waals surface area contributed by atoms with Gasteiger partial charge >= 0.3 is 5.97 Å². The van der Waals surface area contributed by atoms with Crippen molar-refractivity contribution >= 4 is 41.1 Å². The summed E-state index contributed by atoms with van der Waals surface area (Å²) in [4.78, 5) is 10.9. The Kier molecular flexibility index (Phi) is 7.17. The number of ether oxygens (including phenoxy) is 2. The molecular formula is C22H18Cl2N2O4. The molecule has 30 heavy (non-hydrogen) atoms. The summed E-state index contributed by atoms with van der Waals surface area (Å²) < 4.78 is 11.4. The SMILES string of the molecule is COc1cccc(/C=N/Nc2ccc(C(=O)O)cc2)c1OCc1ccc(Cl)cc1Cl. The second-order valence-electron chi connectivity index (χ2n) is 6.16. The van der Waals surface area contributed by atoms with E-state index in [-0.39, 0.29) is 12.2 Å². The van der Waals surface area contributed by atoms with Crippen molar-refractivity contribution in [3.8, 4) is 11.5 Å². The van der Waals surface area contributed by atoms with E-state index in [0.29, 0.717) is 32.8 Å². The second-order valence-corrected chi connectivity index (χ2v) is 7.00. The molecule has 8 heteroatoms. The summed E-state index contributed by atoms with van der Waals surface area (Å²) in [6.45, 7) is 0.224. The molecule has 0 spiro atoms. The molecule has 0 aliphatic rings. The molecule has 3 rings (SSSR count). The van der Waals surface area contributed by atoms with Crippen LogP contribution in [0.15, 0.2) is 65.8 Å². The average molecular weight is 445 g/mol. The van der Waals surface area contributed by atoms with E-state index in [9.17, 15) is 4.79 Å². The van der Waals surface area contributed by atoms with Gasteiger partial charge in [-0.1, -0.05) is 35.3 Å². The van der Waals surface area contributed by atoms with E-state index in [2.05, 4.69) is 10.5 Å². The van der Waals surface area contributed by atoms with Gasteiger partial charge in [0, 0.05) is 21.2 Å². The van der Waals surface area contributed by atoms with Gasteiger partial charge in [0.2, 0.25) is 0 Å². The third-order valence-electron chi connectivity index (χ3n) is 4.15. The van der Waals surface area contributed by atoms with Crippen molar-refractivity contribution in [2.75, 3.05) is 12.5 Å². The van der Waals surface area contributed by atoms with Crippen LogP contribution in [-0.2, 0) is 6.61 Å². The minimum absolute atomic E-state index is 0.203. The first kappa shape index (κ1) is 21.5. The summed E-state index contributed by atoms with van der Waals surface area (Å²) in [7, 11) is 1.56. The molecule has 0 saturated heterocycles. The molecule has 0 unspecified atom stereocenters. The zero-order chi connectivity index (χ0) is 21.5. The van der Waals surface area contributed by atoms with Crippen LogP contribution in [0.2, 0.25) is 10.0 Å². The van der Waals surface area contributed by atoms with Crippen LogP contribution < -0.4 is 14.9 Å². The number of carbonyl (C=O) groups is 1. The molecular weight excluding hydrogens is 427 g/mol. The monoisotopic (exact) mass is 444 g/mol. The molecule has 0 fully saturated rings. The lowest BCUT2D eigenvalue weighted by molar-refractivity contribution is 0.0697. The number of halogens is 2. The molecule has 0 saturated carbocycles. The molecule has 0 bridgehead atoms. The summed E-state index contributed by atoms with van der Waals surface area (Å²) >= 11 is 12.2. The molecule has 154 valence electrons. The zero-order valence-electron chi connectivity index (χ0n) is 15.9. The maximum absolute atomic E-state index is 10.9. The first-order valence-corrected chi connectivity index (χ1v) is 9.59. The lowest BCUT2D eigenvalue weighted by Crippen LogP contribution is -2.02. The number of methoxy groups -OCH3 is 1. The van der Waals surface area contributed by atoms with E-state index in [0.717, 1.165) is 5.56 Å². The molecule has 0 amide bonds. The van der Waals surface area contributed by atoms with E-state index in [1.807, 2.05) is 12.1 Å². The third-order valence-corrected chi connectivity index (χ3v) is 4.73. The molecule has 0 atom stereocenters. The summed E-state index contributed by atoms with van der Waals surface area (Å²) in [6, 6.07) is 16.9. The first-order chi connectivity index (χ1) is 14.5. The number of hydrogen-bond donors (Lipinski definition) is 2. The number of para-hydroxylation sites is 1. The first-order valence-electron chi connectivity index (χ1n) is 8.84. The predicted molar refractivity (Wildman–Crippen MR) is 118 cm³/mol. The molecule has 2 N–H and O–H groups in total. The Hall–Kier alpha value is -3.22. The van der Waals surface area contributed by atoms with E-state index < -0.39 is 5.97 Å². The minimum Gasteiger partial charge on any atom is -0.493 e. The number of nitrogens with one attached hydrogen (secondary N) is 1. The highest BCUT2D eigenvalue weighted by Gasteiger charge is 2.11. The molecule has 0 radical (unpaired) electrons. The van der Waals surface area contributed by atoms with Crippen LogP contribution in [-0.4, -0.2) is 24.4 Å². The smallest absolute Gasteiger partial charge is 0.335 e. The Morgan fingerprint density at radius 2 is 1.90 bits per heavy atom. The highest BCUT2D eigenvalue weighted by Crippen LogP contribution is 2.32. The van der Waals surface area contributed by atoms with Gasteiger partial charge in [-0.2, -0.15) is 5.10 Å². The molecule has 3 aromatic rings. The fourth-order valence-electron chi connectivity index (χ4n) is 2.60. The quantitative estimate of drug-likeness (QED) is 0.342. The Morgan fingerprint density at radius 1 is 1.13 bits per heavy atom. The number of anilines is 1. The third kappa shape index (κ3) is 5.43. The summed E-state index contributed by atoms with van der Waals surface area (Å²) in [5, 5.41) is 14.2. The number of benzene rings is 3. The van der Waals surface area contributed by atoms with Crippen LogP contribution in [0.3, 0.4) is 0 Å². The number of carboxylic acids is 1. The van der Waals surface area contributed by atoms with Gasteiger partial charge in [0.1, 0.15) is 6.61 Å². The van der Waals surface area contributed by atoms with E-state index >= 15 is 0 Å². The van der Waals surface area contributed by atoms with Crippen molar-refractivity contribution in [1.29, 1.82) is 0 Å². The fourth-order valence-corrected chi connectivity index (χ4v) is 3.07. The lowest BCUT2D eigenvalue weighted by atomic mass is 10.2. The van der Waals surface area contributed by atoms with Crippen molar-refractivity contribution in [2.24, 2.45) is 5.10 Å². The van der Waals surface area contributed by atoms with Gasteiger partial charge in [0.25, 0.3) is 0 Å². The largest absolute Gasteiger partial charge is 0.493 e. The van der Waals surface area contributed by atoms with Crippen LogP contribution in [0, 0.1) is 0 Å². The molecule has 3 aromatic carbocycles. The topological polar surface area (TPSA) is 80.2 Å². The average Bonchev–Trinajstić information content (AvgIpc) is 2.74. The van der Waals surface area contributed by atoms with Gasteiger partial charge in [-0.15, -0.1) is 0 Å². The standard InChI is InChI=1S/C22H18Cl2N2O4/c1-29-20-4-2-3-15(12-25-26-18-9-6-14(7-10-18)22(27)28)21(20)30-13-16-5-8-17(23)11-19(16)24/h2-12,26H,13H2,1H3,(H,27,28)/b25-12+. The molecule has 0 aliphatic carbocycles. The number of nitrogens with zero attached hydrogens (tertiary/aromatic N) is 1. The predicted octanol–water partition coefficient (Wildman–Crippen LogP) is 5.73. The van der Waals surface area contributed by atoms with E-state index in [4.69, 9.17) is 37.8 Å². The van der Waals surface area contributed by atoms with Crippen LogP contribution in [0.1, 0.15) is 21.5 Å². The van der Waals surface area contributed by atoms with Crippen molar-refractivity contribution in [1.82, 2.24) is 0 Å². The minimum atomic E-state index is -0.982. The van der Waals surface area contributed by atoms with E-state index in [1.165, 1.54) is 12.1 Å². The Labute approximate surface area is 183 Å². The summed E-state index contributed by atoms with van der Waals surface area (Å²) in [5.41, 5.74) is 5.18. The van der Waals surface area contributed by atoms with Gasteiger partial charge in [-0.05, 0) is 48.5 Å². The maximum atomic E-state index is 10.9. The Morgan fingerprint density at radius 3 is 2.57 bits per heavy atom. The van der Waals surface area contributed by atoms with Crippen molar-refractivity contribution in [2.45, 2.75) is 6.61 Å². The second kappa shape index (κ2) is 10.0. The van der Waals surface area contributed by atoms with Gasteiger partial charge < -0.3 is 14.6 Å². The molecule has 0 heterocycles. The normalized spacial score (nSPS) is 10.8. The van der Waals surface area contributed by atoms with Crippen LogP contribution in [0.5, 0.6) is 11.5 Å². The maximum Gasteiger partial charge on any atom is 0.335 e. The van der Waals surface area contributed by atoms with Crippen LogP contribution in [0.4, 0.5) is 5.69 Å². The number of rotatable bonds is 8. The van der Waals surface area contributed by atoms with Gasteiger partial charge in [0.05, 0.1) is 24.6 Å². The van der Waals surface area contributed by atoms with Gasteiger partial charge in [0.15, 0.2) is 11.5 Å². The number of aromatic carboxylic acids is 1. The Bertz CT molecular complexity index is 1070. The summed E-state index contributed by atoms with van der Waals surface area (Å²) in [5.74, 6) is 0.0802. The van der Waals surface area contributed by atoms with Crippen molar-refractivity contribution in [3.63, 3.8) is 0 Å². The fraction of sp³-hybridized carbons (Fsp3) is 0.0909. The van der Waals surface area contributed by atoms with Gasteiger partial charge in [-0.25, -0.2) is 4.79 Å². The lowest BCUT2D eigenvalue weighted by Gasteiger charge is -2.14. The number of hydrazone groups is 1. The van der Waals surface area contributed by atoms with Crippen LogP contribution in [0.25, 0.3) is 0 Å². The highest BCUT2D eigenvalue weighted by atomic mass is 35.5.